The van der Waals surface area contributed by atoms with Gasteiger partial charge in [-0.2, -0.15) is 0 Å². The average molecular weight is 265 g/mol. The lowest BCUT2D eigenvalue weighted by molar-refractivity contribution is -0.134. The first kappa shape index (κ1) is 15.8. The first-order chi connectivity index (χ1) is 9.26. The van der Waals surface area contributed by atoms with Crippen LogP contribution in [0.4, 0.5) is 0 Å². The standard InChI is InChI=1S/C16H27NO2/c1-3-4-5-6-7-8-9-10-14-11-12-15(17-14)13-16(18)19-2/h8-9,13-14,17H,3-7,10-12H2,1-2H3/b9-8-,15-13-/t14-/m0/s1. The lowest BCUT2D eigenvalue weighted by Crippen LogP contribution is -2.19. The number of rotatable bonds is 8. The Bertz CT molecular complexity index is 321. The van der Waals surface area contributed by atoms with Crippen LogP contribution in [0.3, 0.4) is 0 Å². The highest BCUT2D eigenvalue weighted by molar-refractivity contribution is 5.82. The maximum absolute atomic E-state index is 11.1. The van der Waals surface area contributed by atoms with Crippen molar-refractivity contribution in [3.63, 3.8) is 0 Å². The molecule has 0 aromatic heterocycles. The van der Waals surface area contributed by atoms with Crippen molar-refractivity contribution in [2.75, 3.05) is 7.11 Å². The van der Waals surface area contributed by atoms with E-state index < -0.39 is 0 Å². The van der Waals surface area contributed by atoms with Gasteiger partial charge >= 0.3 is 5.97 Å². The van der Waals surface area contributed by atoms with E-state index in [-0.39, 0.29) is 5.97 Å². The molecule has 0 saturated carbocycles. The summed E-state index contributed by atoms with van der Waals surface area (Å²) in [6.45, 7) is 2.24. The third kappa shape index (κ3) is 7.04. The molecule has 0 radical (unpaired) electrons. The van der Waals surface area contributed by atoms with Crippen LogP contribution in [-0.4, -0.2) is 19.1 Å². The molecule has 1 rings (SSSR count). The van der Waals surface area contributed by atoms with Crippen LogP contribution in [0.5, 0.6) is 0 Å². The number of nitrogens with one attached hydrogen (secondary N) is 1. The smallest absolute Gasteiger partial charge is 0.332 e. The number of ether oxygens (including phenoxy) is 1. The predicted octanol–water partition coefficient (Wildman–Crippen LogP) is 3.71. The van der Waals surface area contributed by atoms with Crippen LogP contribution in [0.15, 0.2) is 23.9 Å². The van der Waals surface area contributed by atoms with Gasteiger partial charge in [0.05, 0.1) is 7.11 Å². The molecule has 0 aromatic carbocycles. The molecule has 3 nitrogen and oxygen atoms in total. The van der Waals surface area contributed by atoms with Gasteiger partial charge in [0.25, 0.3) is 0 Å². The molecule has 0 spiro atoms. The minimum atomic E-state index is -0.269. The molecule has 1 saturated heterocycles. The number of esters is 1. The van der Waals surface area contributed by atoms with E-state index in [0.717, 1.165) is 25.0 Å². The van der Waals surface area contributed by atoms with Gasteiger partial charge < -0.3 is 10.1 Å². The minimum absolute atomic E-state index is 0.269. The summed E-state index contributed by atoms with van der Waals surface area (Å²) < 4.78 is 4.62. The molecule has 0 aromatic rings. The zero-order valence-corrected chi connectivity index (χ0v) is 12.3. The maximum atomic E-state index is 11.1. The Morgan fingerprint density at radius 1 is 1.37 bits per heavy atom. The van der Waals surface area contributed by atoms with E-state index in [1.807, 2.05) is 0 Å². The van der Waals surface area contributed by atoms with Crippen molar-refractivity contribution in [2.45, 2.75) is 64.3 Å². The molecule has 1 atom stereocenters. The van der Waals surface area contributed by atoms with Crippen LogP contribution in [0, 0.1) is 0 Å². The van der Waals surface area contributed by atoms with E-state index >= 15 is 0 Å². The molecule has 108 valence electrons. The van der Waals surface area contributed by atoms with Crippen molar-refractivity contribution in [3.05, 3.63) is 23.9 Å². The molecule has 1 N–H and O–H groups in total. The second-order valence-electron chi connectivity index (χ2n) is 5.13. The second-order valence-corrected chi connectivity index (χ2v) is 5.13. The number of unbranched alkanes of at least 4 members (excludes halogenated alkanes) is 4. The Morgan fingerprint density at radius 3 is 2.95 bits per heavy atom. The van der Waals surface area contributed by atoms with Gasteiger partial charge in [-0.25, -0.2) is 4.79 Å². The van der Waals surface area contributed by atoms with E-state index in [1.165, 1.54) is 39.2 Å². The SMILES string of the molecule is CCCCCC/C=C\C[C@H]1CC/C(=C/C(=O)OC)N1. The molecule has 1 fully saturated rings. The Labute approximate surface area is 117 Å². The third-order valence-corrected chi connectivity index (χ3v) is 3.46. The summed E-state index contributed by atoms with van der Waals surface area (Å²) in [5, 5.41) is 3.38. The molecule has 1 aliphatic rings. The number of carbonyl (C=O) groups is 1. The fourth-order valence-corrected chi connectivity index (χ4v) is 2.30. The fourth-order valence-electron chi connectivity index (χ4n) is 2.30. The van der Waals surface area contributed by atoms with Crippen LogP contribution >= 0.6 is 0 Å². The van der Waals surface area contributed by atoms with E-state index in [9.17, 15) is 4.79 Å². The van der Waals surface area contributed by atoms with Gasteiger partial charge in [0.2, 0.25) is 0 Å². The number of carbonyl (C=O) groups excluding carboxylic acids is 1. The predicted molar refractivity (Wildman–Crippen MR) is 78.8 cm³/mol. The Balaban J connectivity index is 2.13. The zero-order chi connectivity index (χ0) is 13.9. The van der Waals surface area contributed by atoms with Gasteiger partial charge in [0, 0.05) is 17.8 Å². The van der Waals surface area contributed by atoms with E-state index in [2.05, 4.69) is 29.1 Å². The van der Waals surface area contributed by atoms with Gasteiger partial charge in [-0.1, -0.05) is 38.3 Å². The van der Waals surface area contributed by atoms with Crippen molar-refractivity contribution in [2.24, 2.45) is 0 Å². The molecular weight excluding hydrogens is 238 g/mol. The van der Waals surface area contributed by atoms with Crippen molar-refractivity contribution in [1.29, 1.82) is 0 Å². The van der Waals surface area contributed by atoms with Crippen LogP contribution in [-0.2, 0) is 9.53 Å². The Morgan fingerprint density at radius 2 is 2.21 bits per heavy atom. The minimum Gasteiger partial charge on any atom is -0.466 e. The van der Waals surface area contributed by atoms with Crippen molar-refractivity contribution in [3.8, 4) is 0 Å². The fraction of sp³-hybridized carbons (Fsp3) is 0.688. The van der Waals surface area contributed by atoms with Gasteiger partial charge in [0.15, 0.2) is 0 Å². The number of allylic oxidation sites excluding steroid dienone is 2. The highest BCUT2D eigenvalue weighted by Gasteiger charge is 2.17. The van der Waals surface area contributed by atoms with Crippen molar-refractivity contribution in [1.82, 2.24) is 5.32 Å². The summed E-state index contributed by atoms with van der Waals surface area (Å²) in [5.74, 6) is -0.269. The van der Waals surface area contributed by atoms with E-state index in [4.69, 9.17) is 0 Å². The maximum Gasteiger partial charge on any atom is 0.332 e. The molecule has 0 aliphatic carbocycles. The number of hydrogen-bond acceptors (Lipinski definition) is 3. The van der Waals surface area contributed by atoms with Gasteiger partial charge in [0.1, 0.15) is 0 Å². The summed E-state index contributed by atoms with van der Waals surface area (Å²) in [6.07, 6.45) is 15.7. The Kier molecular flexibility index (Phi) is 8.03. The second kappa shape index (κ2) is 9.65. The molecule has 3 heteroatoms. The first-order valence-electron chi connectivity index (χ1n) is 7.46. The van der Waals surface area contributed by atoms with Crippen LogP contribution in [0.1, 0.15) is 58.3 Å². The highest BCUT2D eigenvalue weighted by Crippen LogP contribution is 2.18. The molecule has 0 unspecified atom stereocenters. The van der Waals surface area contributed by atoms with Crippen LogP contribution in [0.25, 0.3) is 0 Å². The molecule has 1 heterocycles. The molecule has 1 aliphatic heterocycles. The molecule has 0 amide bonds. The summed E-state index contributed by atoms with van der Waals surface area (Å²) in [5.41, 5.74) is 1.01. The highest BCUT2D eigenvalue weighted by atomic mass is 16.5. The largest absolute Gasteiger partial charge is 0.466 e. The third-order valence-electron chi connectivity index (χ3n) is 3.46. The van der Waals surface area contributed by atoms with Crippen molar-refractivity contribution >= 4 is 5.97 Å². The molecule has 0 bridgehead atoms. The van der Waals surface area contributed by atoms with Gasteiger partial charge in [-0.15, -0.1) is 0 Å². The summed E-state index contributed by atoms with van der Waals surface area (Å²) in [6, 6.07) is 0.475. The topological polar surface area (TPSA) is 38.3 Å². The number of hydrogen-bond donors (Lipinski definition) is 1. The monoisotopic (exact) mass is 265 g/mol. The summed E-state index contributed by atoms with van der Waals surface area (Å²) in [7, 11) is 1.41. The van der Waals surface area contributed by atoms with Crippen LogP contribution in [0.2, 0.25) is 0 Å². The lowest BCUT2D eigenvalue weighted by Gasteiger charge is -2.07. The Hall–Kier alpha value is -1.25. The van der Waals surface area contributed by atoms with Gasteiger partial charge in [-0.05, 0) is 32.1 Å². The zero-order valence-electron chi connectivity index (χ0n) is 12.3. The normalized spacial score (nSPS) is 20.9. The lowest BCUT2D eigenvalue weighted by atomic mass is 10.1. The first-order valence-corrected chi connectivity index (χ1v) is 7.46. The van der Waals surface area contributed by atoms with Crippen molar-refractivity contribution < 1.29 is 9.53 Å². The molecular formula is C16H27NO2. The van der Waals surface area contributed by atoms with E-state index in [0.29, 0.717) is 6.04 Å². The quantitative estimate of drug-likeness (QED) is 0.315. The summed E-state index contributed by atoms with van der Waals surface area (Å²) in [4.78, 5) is 11.1. The summed E-state index contributed by atoms with van der Waals surface area (Å²) >= 11 is 0. The molecule has 19 heavy (non-hydrogen) atoms. The van der Waals surface area contributed by atoms with E-state index in [1.54, 1.807) is 6.08 Å². The number of methoxy groups -OCH3 is 1. The van der Waals surface area contributed by atoms with Gasteiger partial charge in [-0.3, -0.25) is 0 Å². The van der Waals surface area contributed by atoms with Crippen LogP contribution < -0.4 is 5.32 Å². The average Bonchev–Trinajstić information content (AvgIpc) is 2.85.